The van der Waals surface area contributed by atoms with Gasteiger partial charge in [-0.3, -0.25) is 0 Å². The third kappa shape index (κ3) is 2.51. The van der Waals surface area contributed by atoms with E-state index in [0.29, 0.717) is 0 Å². The zero-order chi connectivity index (χ0) is 25.7. The molecule has 0 saturated heterocycles. The van der Waals surface area contributed by atoms with E-state index in [2.05, 4.69) is 128 Å². The van der Waals surface area contributed by atoms with Gasteiger partial charge in [-0.25, -0.2) is 0 Å². The van der Waals surface area contributed by atoms with Gasteiger partial charge < -0.3 is 4.42 Å². The van der Waals surface area contributed by atoms with Gasteiger partial charge in [0.2, 0.25) is 0 Å². The summed E-state index contributed by atoms with van der Waals surface area (Å²) in [6, 6.07) is 46.7. The first-order valence-corrected chi connectivity index (χ1v) is 13.6. The lowest BCUT2D eigenvalue weighted by molar-refractivity contribution is 0.670. The molecule has 2 aliphatic carbocycles. The molecule has 9 rings (SSSR count). The smallest absolute Gasteiger partial charge is 0.143 e. The Morgan fingerprint density at radius 1 is 0.487 bits per heavy atom. The van der Waals surface area contributed by atoms with E-state index in [0.717, 1.165) is 27.5 Å². The highest BCUT2D eigenvalue weighted by Crippen LogP contribution is 2.63. The molecule has 6 aromatic carbocycles. The molecule has 1 atom stereocenters. The molecule has 0 radical (unpaired) electrons. The van der Waals surface area contributed by atoms with Crippen LogP contribution in [0.4, 0.5) is 0 Å². The first-order chi connectivity index (χ1) is 19.3. The molecule has 0 saturated carbocycles. The standard InChI is InChI=1S/C38H24O/c1-23-10-8-18-33-36(23)30-13-3-6-17-32(30)38(33)31-16-5-2-11-26(31)27-21-20-24(22-34(27)38)25-14-9-15-29-28-12-4-7-19-35(28)39-37(25)29/h2-22H,1H3. The summed E-state index contributed by atoms with van der Waals surface area (Å²) in [4.78, 5) is 0. The van der Waals surface area contributed by atoms with Gasteiger partial charge in [0.1, 0.15) is 11.2 Å². The normalized spacial score (nSPS) is 16.4. The zero-order valence-corrected chi connectivity index (χ0v) is 21.5. The van der Waals surface area contributed by atoms with E-state index < -0.39 is 0 Å². The van der Waals surface area contributed by atoms with Crippen molar-refractivity contribution in [2.45, 2.75) is 12.3 Å². The van der Waals surface area contributed by atoms with E-state index in [4.69, 9.17) is 4.42 Å². The van der Waals surface area contributed by atoms with Crippen molar-refractivity contribution < 1.29 is 4.42 Å². The molecule has 0 fully saturated rings. The molecule has 0 N–H and O–H groups in total. The van der Waals surface area contributed by atoms with Crippen LogP contribution in [0.1, 0.15) is 27.8 Å². The average Bonchev–Trinajstić information content (AvgIpc) is 3.61. The Bertz CT molecular complexity index is 2140. The predicted molar refractivity (Wildman–Crippen MR) is 160 cm³/mol. The lowest BCUT2D eigenvalue weighted by atomic mass is 9.70. The summed E-state index contributed by atoms with van der Waals surface area (Å²) < 4.78 is 6.46. The molecule has 1 unspecified atom stereocenters. The Labute approximate surface area is 227 Å². The van der Waals surface area contributed by atoms with Crippen molar-refractivity contribution in [3.63, 3.8) is 0 Å². The van der Waals surface area contributed by atoms with Crippen molar-refractivity contribution in [3.05, 3.63) is 155 Å². The molecule has 1 nitrogen and oxygen atoms in total. The van der Waals surface area contributed by atoms with Crippen molar-refractivity contribution in [2.75, 3.05) is 0 Å². The Morgan fingerprint density at radius 2 is 1.13 bits per heavy atom. The van der Waals surface area contributed by atoms with E-state index >= 15 is 0 Å². The SMILES string of the molecule is Cc1cccc2c1-c1ccccc1C21c2ccccc2-c2ccc(-c3cccc4c3oc3ccccc34)cc21. The fourth-order valence-corrected chi connectivity index (χ4v) is 7.51. The van der Waals surface area contributed by atoms with Crippen LogP contribution in [0.15, 0.2) is 132 Å². The van der Waals surface area contributed by atoms with Gasteiger partial charge in [0, 0.05) is 16.3 Å². The number of hydrogen-bond donors (Lipinski definition) is 0. The Morgan fingerprint density at radius 3 is 2.03 bits per heavy atom. The average molecular weight is 497 g/mol. The van der Waals surface area contributed by atoms with E-state index in [1.54, 1.807) is 0 Å². The Hall–Kier alpha value is -4.88. The van der Waals surface area contributed by atoms with Crippen molar-refractivity contribution in [2.24, 2.45) is 0 Å². The van der Waals surface area contributed by atoms with E-state index in [1.165, 1.54) is 55.6 Å². The molecule has 2 aliphatic rings. The minimum Gasteiger partial charge on any atom is -0.455 e. The topological polar surface area (TPSA) is 13.1 Å². The maximum absolute atomic E-state index is 6.46. The largest absolute Gasteiger partial charge is 0.455 e. The number of rotatable bonds is 1. The Balaban J connectivity index is 1.40. The summed E-state index contributed by atoms with van der Waals surface area (Å²) in [5.41, 5.74) is 16.0. The quantitative estimate of drug-likeness (QED) is 0.220. The molecule has 1 spiro atoms. The molecular weight excluding hydrogens is 472 g/mol. The Kier molecular flexibility index (Phi) is 3.98. The molecule has 1 heterocycles. The third-order valence-corrected chi connectivity index (χ3v) is 9.04. The predicted octanol–water partition coefficient (Wildman–Crippen LogP) is 9.90. The van der Waals surface area contributed by atoms with Crippen LogP contribution in [0.5, 0.6) is 0 Å². The van der Waals surface area contributed by atoms with Crippen LogP contribution < -0.4 is 0 Å². The van der Waals surface area contributed by atoms with Crippen LogP contribution >= 0.6 is 0 Å². The van der Waals surface area contributed by atoms with Crippen LogP contribution in [0.25, 0.3) is 55.3 Å². The highest BCUT2D eigenvalue weighted by molar-refractivity contribution is 6.10. The van der Waals surface area contributed by atoms with Crippen LogP contribution in [0.3, 0.4) is 0 Å². The molecule has 1 aromatic heterocycles. The fourth-order valence-electron chi connectivity index (χ4n) is 7.51. The minimum atomic E-state index is -0.346. The second-order valence-electron chi connectivity index (χ2n) is 10.9. The summed E-state index contributed by atoms with van der Waals surface area (Å²) in [5, 5.41) is 2.32. The van der Waals surface area contributed by atoms with Crippen molar-refractivity contribution >= 4 is 21.9 Å². The number of aryl methyl sites for hydroxylation is 1. The van der Waals surface area contributed by atoms with Gasteiger partial charge in [0.05, 0.1) is 5.41 Å². The van der Waals surface area contributed by atoms with Crippen LogP contribution in [0.2, 0.25) is 0 Å². The lowest BCUT2D eigenvalue weighted by Gasteiger charge is -2.30. The molecule has 182 valence electrons. The summed E-state index contributed by atoms with van der Waals surface area (Å²) in [6.45, 7) is 2.25. The maximum atomic E-state index is 6.46. The summed E-state index contributed by atoms with van der Waals surface area (Å²) in [5.74, 6) is 0. The maximum Gasteiger partial charge on any atom is 0.143 e. The van der Waals surface area contributed by atoms with Gasteiger partial charge in [-0.1, -0.05) is 115 Å². The summed E-state index contributed by atoms with van der Waals surface area (Å²) in [7, 11) is 0. The number of fused-ring (bicyclic) bond motifs is 13. The van der Waals surface area contributed by atoms with Crippen LogP contribution in [0, 0.1) is 6.92 Å². The number of para-hydroxylation sites is 2. The van der Waals surface area contributed by atoms with Crippen LogP contribution in [-0.2, 0) is 5.41 Å². The third-order valence-electron chi connectivity index (χ3n) is 9.04. The van der Waals surface area contributed by atoms with Crippen molar-refractivity contribution in [1.29, 1.82) is 0 Å². The summed E-state index contributed by atoms with van der Waals surface area (Å²) in [6.07, 6.45) is 0. The molecule has 1 heteroatoms. The molecule has 0 aliphatic heterocycles. The lowest BCUT2D eigenvalue weighted by Crippen LogP contribution is -2.25. The first kappa shape index (κ1) is 21.1. The second-order valence-corrected chi connectivity index (χ2v) is 10.9. The van der Waals surface area contributed by atoms with Gasteiger partial charge in [0.15, 0.2) is 0 Å². The first-order valence-electron chi connectivity index (χ1n) is 13.6. The molecule has 7 aromatic rings. The highest BCUT2D eigenvalue weighted by Gasteiger charge is 2.51. The monoisotopic (exact) mass is 496 g/mol. The van der Waals surface area contributed by atoms with Gasteiger partial charge in [-0.15, -0.1) is 0 Å². The number of furan rings is 1. The van der Waals surface area contributed by atoms with Gasteiger partial charge in [-0.05, 0) is 74.7 Å². The molecule has 0 amide bonds. The minimum absolute atomic E-state index is 0.346. The number of benzene rings is 6. The van der Waals surface area contributed by atoms with Crippen molar-refractivity contribution in [1.82, 2.24) is 0 Å². The van der Waals surface area contributed by atoms with Gasteiger partial charge >= 0.3 is 0 Å². The fraction of sp³-hybridized carbons (Fsp3) is 0.0526. The second kappa shape index (κ2) is 7.36. The molecular formula is C38H24O. The van der Waals surface area contributed by atoms with Gasteiger partial charge in [0.25, 0.3) is 0 Å². The van der Waals surface area contributed by atoms with Crippen LogP contribution in [-0.4, -0.2) is 0 Å². The number of hydrogen-bond acceptors (Lipinski definition) is 1. The van der Waals surface area contributed by atoms with E-state index in [9.17, 15) is 0 Å². The highest BCUT2D eigenvalue weighted by atomic mass is 16.3. The molecule has 39 heavy (non-hydrogen) atoms. The molecule has 0 bridgehead atoms. The van der Waals surface area contributed by atoms with E-state index in [-0.39, 0.29) is 5.41 Å². The summed E-state index contributed by atoms with van der Waals surface area (Å²) >= 11 is 0. The van der Waals surface area contributed by atoms with E-state index in [1.807, 2.05) is 6.07 Å². The zero-order valence-electron chi connectivity index (χ0n) is 21.5. The van der Waals surface area contributed by atoms with Gasteiger partial charge in [-0.2, -0.15) is 0 Å². The van der Waals surface area contributed by atoms with Crippen molar-refractivity contribution in [3.8, 4) is 33.4 Å².